The molecule has 0 N–H and O–H groups in total. The number of rotatable bonds is 4. The number of thiazole rings is 1. The standard InChI is InChI=1S/C13H12FNO2S/c1-8-7-18-13(15-8)6-11(16)10-5-9(14)3-4-12(10)17-2/h3-5,7H,6H2,1-2H3. The molecule has 0 radical (unpaired) electrons. The Balaban J connectivity index is 2.25. The van der Waals surface area contributed by atoms with Gasteiger partial charge in [-0.25, -0.2) is 9.37 Å². The number of Topliss-reactive ketones (excluding diaryl/α,β-unsaturated/α-hetero) is 1. The van der Waals surface area contributed by atoms with Crippen LogP contribution in [0.15, 0.2) is 23.6 Å². The number of ether oxygens (including phenoxy) is 1. The molecule has 0 saturated carbocycles. The molecule has 2 aromatic rings. The van der Waals surface area contributed by atoms with E-state index < -0.39 is 5.82 Å². The number of aryl methyl sites for hydroxylation is 1. The van der Waals surface area contributed by atoms with Crippen molar-refractivity contribution < 1.29 is 13.9 Å². The maximum atomic E-state index is 13.2. The average molecular weight is 265 g/mol. The second-order valence-corrected chi connectivity index (χ2v) is 4.77. The van der Waals surface area contributed by atoms with Gasteiger partial charge in [0.25, 0.3) is 0 Å². The number of nitrogens with zero attached hydrogens (tertiary/aromatic N) is 1. The zero-order valence-electron chi connectivity index (χ0n) is 10.1. The Morgan fingerprint density at radius 3 is 2.89 bits per heavy atom. The van der Waals surface area contributed by atoms with Crippen LogP contribution in [0.25, 0.3) is 0 Å². The van der Waals surface area contributed by atoms with Crippen molar-refractivity contribution in [3.8, 4) is 5.75 Å². The van der Waals surface area contributed by atoms with Gasteiger partial charge in [0.05, 0.1) is 19.1 Å². The first-order valence-electron chi connectivity index (χ1n) is 5.38. The number of hydrogen-bond acceptors (Lipinski definition) is 4. The molecule has 0 aliphatic carbocycles. The molecular weight excluding hydrogens is 253 g/mol. The van der Waals surface area contributed by atoms with Gasteiger partial charge in [0.15, 0.2) is 5.78 Å². The smallest absolute Gasteiger partial charge is 0.173 e. The van der Waals surface area contributed by atoms with Crippen LogP contribution in [0.4, 0.5) is 4.39 Å². The predicted molar refractivity (Wildman–Crippen MR) is 67.8 cm³/mol. The third-order valence-corrected chi connectivity index (χ3v) is 3.41. The molecule has 3 nitrogen and oxygen atoms in total. The van der Waals surface area contributed by atoms with Crippen molar-refractivity contribution in [1.82, 2.24) is 4.98 Å². The van der Waals surface area contributed by atoms with Gasteiger partial charge >= 0.3 is 0 Å². The molecule has 18 heavy (non-hydrogen) atoms. The molecule has 1 heterocycles. The normalized spacial score (nSPS) is 10.4. The highest BCUT2D eigenvalue weighted by molar-refractivity contribution is 7.09. The highest BCUT2D eigenvalue weighted by Crippen LogP contribution is 2.22. The number of aromatic nitrogens is 1. The summed E-state index contributed by atoms with van der Waals surface area (Å²) in [4.78, 5) is 16.3. The van der Waals surface area contributed by atoms with Crippen molar-refractivity contribution in [3.05, 3.63) is 45.7 Å². The summed E-state index contributed by atoms with van der Waals surface area (Å²) in [6, 6.07) is 3.92. The number of ketones is 1. The van der Waals surface area contributed by atoms with Crippen molar-refractivity contribution in [2.75, 3.05) is 7.11 Å². The first-order chi connectivity index (χ1) is 8.60. The summed E-state index contributed by atoms with van der Waals surface area (Å²) >= 11 is 1.42. The fraction of sp³-hybridized carbons (Fsp3) is 0.231. The van der Waals surface area contributed by atoms with Gasteiger partial charge in [0, 0.05) is 11.1 Å². The van der Waals surface area contributed by atoms with Gasteiger partial charge < -0.3 is 4.74 Å². The van der Waals surface area contributed by atoms with E-state index in [9.17, 15) is 9.18 Å². The van der Waals surface area contributed by atoms with E-state index >= 15 is 0 Å². The van der Waals surface area contributed by atoms with Gasteiger partial charge in [-0.3, -0.25) is 4.79 Å². The molecule has 0 saturated heterocycles. The van der Waals surface area contributed by atoms with Gasteiger partial charge in [-0.15, -0.1) is 11.3 Å². The summed E-state index contributed by atoms with van der Waals surface area (Å²) in [5, 5.41) is 2.61. The summed E-state index contributed by atoms with van der Waals surface area (Å²) < 4.78 is 18.2. The Bertz CT molecular complexity index is 580. The van der Waals surface area contributed by atoms with E-state index in [1.54, 1.807) is 0 Å². The lowest BCUT2D eigenvalue weighted by Crippen LogP contribution is -2.06. The largest absolute Gasteiger partial charge is 0.496 e. The number of halogens is 1. The van der Waals surface area contributed by atoms with Crippen LogP contribution in [0.2, 0.25) is 0 Å². The first kappa shape index (κ1) is 12.7. The SMILES string of the molecule is COc1ccc(F)cc1C(=O)Cc1nc(C)cs1. The Morgan fingerprint density at radius 2 is 2.28 bits per heavy atom. The van der Waals surface area contributed by atoms with Crippen LogP contribution in [0.3, 0.4) is 0 Å². The summed E-state index contributed by atoms with van der Waals surface area (Å²) in [5.41, 5.74) is 1.14. The van der Waals surface area contributed by atoms with E-state index in [1.165, 1.54) is 36.6 Å². The maximum Gasteiger partial charge on any atom is 0.173 e. The minimum Gasteiger partial charge on any atom is -0.496 e. The second-order valence-electron chi connectivity index (χ2n) is 3.83. The van der Waals surface area contributed by atoms with Gasteiger partial charge in [-0.1, -0.05) is 0 Å². The number of carbonyl (C=O) groups is 1. The lowest BCUT2D eigenvalue weighted by molar-refractivity contribution is 0.0989. The van der Waals surface area contributed by atoms with Crippen molar-refractivity contribution in [3.63, 3.8) is 0 Å². The molecule has 0 spiro atoms. The Hall–Kier alpha value is -1.75. The Morgan fingerprint density at radius 1 is 1.50 bits per heavy atom. The lowest BCUT2D eigenvalue weighted by atomic mass is 10.1. The highest BCUT2D eigenvalue weighted by atomic mass is 32.1. The summed E-state index contributed by atoms with van der Waals surface area (Å²) in [5.74, 6) is -0.259. The monoisotopic (exact) mass is 265 g/mol. The topological polar surface area (TPSA) is 39.2 Å². The Labute approximate surface area is 108 Å². The molecule has 5 heteroatoms. The molecule has 0 unspecified atom stereocenters. The fourth-order valence-corrected chi connectivity index (χ4v) is 2.39. The molecule has 1 aromatic carbocycles. The average Bonchev–Trinajstić information content (AvgIpc) is 2.74. The fourth-order valence-electron chi connectivity index (χ4n) is 1.61. The number of carbonyl (C=O) groups excluding carboxylic acids is 1. The van der Waals surface area contributed by atoms with Crippen LogP contribution in [0, 0.1) is 12.7 Å². The quantitative estimate of drug-likeness (QED) is 0.798. The zero-order chi connectivity index (χ0) is 13.1. The van der Waals surface area contributed by atoms with Crippen LogP contribution < -0.4 is 4.74 Å². The van der Waals surface area contributed by atoms with Gasteiger partial charge in [-0.05, 0) is 25.1 Å². The van der Waals surface area contributed by atoms with Crippen LogP contribution in [0.1, 0.15) is 21.1 Å². The highest BCUT2D eigenvalue weighted by Gasteiger charge is 2.15. The van der Waals surface area contributed by atoms with Crippen LogP contribution >= 0.6 is 11.3 Å². The molecule has 1 aromatic heterocycles. The van der Waals surface area contributed by atoms with Gasteiger partial charge in [0.2, 0.25) is 0 Å². The molecule has 94 valence electrons. The van der Waals surface area contributed by atoms with Crippen LogP contribution in [-0.4, -0.2) is 17.9 Å². The molecule has 0 aliphatic rings. The maximum absolute atomic E-state index is 13.2. The molecule has 2 rings (SSSR count). The Kier molecular flexibility index (Phi) is 3.72. The van der Waals surface area contributed by atoms with E-state index in [1.807, 2.05) is 12.3 Å². The third-order valence-electron chi connectivity index (χ3n) is 2.44. The molecule has 0 atom stereocenters. The molecule has 0 fully saturated rings. The van der Waals surface area contributed by atoms with Crippen molar-refractivity contribution in [2.24, 2.45) is 0 Å². The predicted octanol–water partition coefficient (Wildman–Crippen LogP) is 3.02. The van der Waals surface area contributed by atoms with E-state index in [2.05, 4.69) is 4.98 Å². The number of benzene rings is 1. The van der Waals surface area contributed by atoms with E-state index in [0.29, 0.717) is 5.75 Å². The second kappa shape index (κ2) is 5.27. The number of hydrogen-bond donors (Lipinski definition) is 0. The molecular formula is C13H12FNO2S. The van der Waals surface area contributed by atoms with Crippen molar-refractivity contribution in [2.45, 2.75) is 13.3 Å². The van der Waals surface area contributed by atoms with Gasteiger partial charge in [0.1, 0.15) is 16.6 Å². The summed E-state index contributed by atoms with van der Waals surface area (Å²) in [6.07, 6.45) is 0.165. The first-order valence-corrected chi connectivity index (χ1v) is 6.26. The molecule has 0 bridgehead atoms. The van der Waals surface area contributed by atoms with Crippen molar-refractivity contribution in [1.29, 1.82) is 0 Å². The van der Waals surface area contributed by atoms with E-state index in [0.717, 1.165) is 10.7 Å². The summed E-state index contributed by atoms with van der Waals surface area (Å²) in [7, 11) is 1.46. The van der Waals surface area contributed by atoms with Crippen LogP contribution in [-0.2, 0) is 6.42 Å². The molecule has 0 aliphatic heterocycles. The van der Waals surface area contributed by atoms with E-state index in [4.69, 9.17) is 4.74 Å². The number of methoxy groups -OCH3 is 1. The van der Waals surface area contributed by atoms with Crippen molar-refractivity contribution >= 4 is 17.1 Å². The summed E-state index contributed by atoms with van der Waals surface area (Å²) in [6.45, 7) is 1.87. The minimum absolute atomic E-state index is 0.165. The van der Waals surface area contributed by atoms with E-state index in [-0.39, 0.29) is 17.8 Å². The molecule has 0 amide bonds. The van der Waals surface area contributed by atoms with Crippen LogP contribution in [0.5, 0.6) is 5.75 Å². The lowest BCUT2D eigenvalue weighted by Gasteiger charge is -2.06. The zero-order valence-corrected chi connectivity index (χ0v) is 10.9. The van der Waals surface area contributed by atoms with Gasteiger partial charge in [-0.2, -0.15) is 0 Å². The third kappa shape index (κ3) is 2.73. The minimum atomic E-state index is -0.450.